The lowest BCUT2D eigenvalue weighted by molar-refractivity contribution is 0.327. The van der Waals surface area contributed by atoms with E-state index >= 15 is 0 Å². The van der Waals surface area contributed by atoms with Crippen molar-refractivity contribution in [1.82, 2.24) is 24.7 Å². The summed E-state index contributed by atoms with van der Waals surface area (Å²) in [7, 11) is -0.418. The standard InChI is InChI=1S/C23H24N6O5S/c1-4-34-20-10-5-7-15(24-20)23-25-22-16(13-19(26-27-22)28-35(30,31)14-11-12-14)29(23)21-17(32-2)8-6-9-18(21)33-3/h5-10,13-14H,4,11-12H2,1-3H3,(H,26,28). The SMILES string of the molecule is CCOc1cccc(-c2nc3nnc(NS(=O)(=O)C4CC4)cc3n2-c2c(OC)cccc2OC)n1. The van der Waals surface area contributed by atoms with Gasteiger partial charge in [0.05, 0.1) is 31.6 Å². The van der Waals surface area contributed by atoms with Gasteiger partial charge in [-0.05, 0) is 38.0 Å². The molecule has 0 amide bonds. The Hall–Kier alpha value is -3.93. The smallest absolute Gasteiger partial charge is 0.236 e. The molecule has 0 atom stereocenters. The first kappa shape index (κ1) is 22.8. The van der Waals surface area contributed by atoms with E-state index in [1.54, 1.807) is 49.1 Å². The number of aromatic nitrogens is 5. The highest BCUT2D eigenvalue weighted by atomic mass is 32.2. The number of hydrogen-bond donors (Lipinski definition) is 1. The van der Waals surface area contributed by atoms with E-state index in [9.17, 15) is 8.42 Å². The summed E-state index contributed by atoms with van der Waals surface area (Å²) in [6, 6.07) is 12.4. The van der Waals surface area contributed by atoms with Crippen molar-refractivity contribution in [2.24, 2.45) is 0 Å². The summed E-state index contributed by atoms with van der Waals surface area (Å²) in [6.07, 6.45) is 1.26. The fraction of sp³-hybridized carbons (Fsp3) is 0.304. The maximum Gasteiger partial charge on any atom is 0.236 e. The number of pyridine rings is 1. The summed E-state index contributed by atoms with van der Waals surface area (Å²) >= 11 is 0. The summed E-state index contributed by atoms with van der Waals surface area (Å²) in [5.41, 5.74) is 1.87. The third-order valence-corrected chi connectivity index (χ3v) is 7.34. The second-order valence-corrected chi connectivity index (χ2v) is 9.82. The van der Waals surface area contributed by atoms with E-state index in [1.807, 2.05) is 19.1 Å². The van der Waals surface area contributed by atoms with E-state index in [0.717, 1.165) is 0 Å². The summed E-state index contributed by atoms with van der Waals surface area (Å²) in [6.45, 7) is 2.34. The average Bonchev–Trinajstić information content (AvgIpc) is 3.66. The summed E-state index contributed by atoms with van der Waals surface area (Å²) in [5, 5.41) is 7.85. The van der Waals surface area contributed by atoms with E-state index < -0.39 is 15.3 Å². The lowest BCUT2D eigenvalue weighted by Crippen LogP contribution is -2.18. The van der Waals surface area contributed by atoms with Crippen LogP contribution in [0, 0.1) is 0 Å². The van der Waals surface area contributed by atoms with Crippen molar-refractivity contribution >= 4 is 27.0 Å². The number of ether oxygens (including phenoxy) is 3. The Balaban J connectivity index is 1.77. The second kappa shape index (κ2) is 9.02. The fourth-order valence-corrected chi connectivity index (χ4v) is 5.07. The minimum absolute atomic E-state index is 0.0991. The van der Waals surface area contributed by atoms with Crippen LogP contribution in [0.2, 0.25) is 0 Å². The summed E-state index contributed by atoms with van der Waals surface area (Å²) in [5.74, 6) is 2.01. The van der Waals surface area contributed by atoms with Gasteiger partial charge in [0.1, 0.15) is 22.9 Å². The average molecular weight is 497 g/mol. The minimum Gasteiger partial charge on any atom is -0.494 e. The van der Waals surface area contributed by atoms with Gasteiger partial charge in [0, 0.05) is 12.1 Å². The predicted octanol–water partition coefficient (Wildman–Crippen LogP) is 3.20. The molecule has 1 fully saturated rings. The molecule has 35 heavy (non-hydrogen) atoms. The molecule has 3 heterocycles. The molecule has 0 bridgehead atoms. The highest BCUT2D eigenvalue weighted by Gasteiger charge is 2.36. The maximum atomic E-state index is 12.5. The monoisotopic (exact) mass is 496 g/mol. The Morgan fingerprint density at radius 3 is 2.40 bits per heavy atom. The Labute approximate surface area is 202 Å². The molecule has 11 nitrogen and oxygen atoms in total. The van der Waals surface area contributed by atoms with Crippen LogP contribution in [0.5, 0.6) is 17.4 Å². The zero-order chi connectivity index (χ0) is 24.6. The van der Waals surface area contributed by atoms with Crippen molar-refractivity contribution in [2.75, 3.05) is 25.5 Å². The van der Waals surface area contributed by atoms with Crippen LogP contribution >= 0.6 is 0 Å². The molecule has 0 aliphatic heterocycles. The number of rotatable bonds is 9. The van der Waals surface area contributed by atoms with E-state index in [-0.39, 0.29) is 5.82 Å². The van der Waals surface area contributed by atoms with Crippen molar-refractivity contribution in [2.45, 2.75) is 25.0 Å². The van der Waals surface area contributed by atoms with Gasteiger partial charge in [-0.2, -0.15) is 0 Å². The number of sulfonamides is 1. The van der Waals surface area contributed by atoms with Crippen molar-refractivity contribution in [1.29, 1.82) is 0 Å². The number of nitrogens with zero attached hydrogens (tertiary/aromatic N) is 5. The Kier molecular flexibility index (Phi) is 5.89. The summed E-state index contributed by atoms with van der Waals surface area (Å²) < 4.78 is 46.2. The molecule has 1 aliphatic carbocycles. The number of hydrogen-bond acceptors (Lipinski definition) is 9. The summed E-state index contributed by atoms with van der Waals surface area (Å²) in [4.78, 5) is 9.27. The molecule has 0 radical (unpaired) electrons. The van der Waals surface area contributed by atoms with Crippen LogP contribution in [0.3, 0.4) is 0 Å². The van der Waals surface area contributed by atoms with E-state index in [4.69, 9.17) is 14.2 Å². The number of methoxy groups -OCH3 is 2. The molecule has 12 heteroatoms. The minimum atomic E-state index is -3.53. The van der Waals surface area contributed by atoms with Crippen LogP contribution in [0.1, 0.15) is 19.8 Å². The van der Waals surface area contributed by atoms with Crippen LogP contribution < -0.4 is 18.9 Å². The van der Waals surface area contributed by atoms with E-state index in [1.165, 1.54) is 0 Å². The Bertz CT molecular complexity index is 1480. The first-order chi connectivity index (χ1) is 16.9. The van der Waals surface area contributed by atoms with E-state index in [0.29, 0.717) is 65.2 Å². The van der Waals surface area contributed by atoms with Gasteiger partial charge in [0.25, 0.3) is 0 Å². The van der Waals surface area contributed by atoms with Gasteiger partial charge in [0.15, 0.2) is 11.6 Å². The van der Waals surface area contributed by atoms with Crippen LogP contribution in [-0.4, -0.2) is 59.2 Å². The third-order valence-electron chi connectivity index (χ3n) is 5.50. The first-order valence-corrected chi connectivity index (χ1v) is 12.6. The van der Waals surface area contributed by atoms with Gasteiger partial charge in [-0.15, -0.1) is 10.2 Å². The molecule has 1 saturated carbocycles. The zero-order valence-electron chi connectivity index (χ0n) is 19.4. The number of fused-ring (bicyclic) bond motifs is 1. The topological polar surface area (TPSA) is 130 Å². The molecular weight excluding hydrogens is 472 g/mol. The molecule has 3 aromatic heterocycles. The van der Waals surface area contributed by atoms with E-state index in [2.05, 4.69) is 24.9 Å². The number of nitrogens with one attached hydrogen (secondary N) is 1. The molecule has 4 aromatic rings. The molecule has 0 spiro atoms. The lowest BCUT2D eigenvalue weighted by atomic mass is 10.2. The quantitative estimate of drug-likeness (QED) is 0.371. The van der Waals surface area contributed by atoms with Crippen molar-refractivity contribution < 1.29 is 22.6 Å². The van der Waals surface area contributed by atoms with Crippen LogP contribution in [-0.2, 0) is 10.0 Å². The second-order valence-electron chi connectivity index (χ2n) is 7.86. The van der Waals surface area contributed by atoms with Crippen molar-refractivity contribution in [3.63, 3.8) is 0 Å². The number of imidazole rings is 1. The lowest BCUT2D eigenvalue weighted by Gasteiger charge is -2.17. The number of anilines is 1. The molecular formula is C23H24N6O5S. The van der Waals surface area contributed by atoms with Gasteiger partial charge in [-0.1, -0.05) is 12.1 Å². The van der Waals surface area contributed by atoms with Gasteiger partial charge in [-0.3, -0.25) is 9.29 Å². The van der Waals surface area contributed by atoms with Gasteiger partial charge in [-0.25, -0.2) is 18.4 Å². The highest BCUT2D eigenvalue weighted by molar-refractivity contribution is 7.93. The largest absolute Gasteiger partial charge is 0.494 e. The zero-order valence-corrected chi connectivity index (χ0v) is 20.2. The van der Waals surface area contributed by atoms with Crippen molar-refractivity contribution in [3.05, 3.63) is 42.5 Å². The van der Waals surface area contributed by atoms with Gasteiger partial charge in [0.2, 0.25) is 21.6 Å². The highest BCUT2D eigenvalue weighted by Crippen LogP contribution is 2.38. The van der Waals surface area contributed by atoms with Crippen LogP contribution in [0.15, 0.2) is 42.5 Å². The normalized spacial score (nSPS) is 13.6. The van der Waals surface area contributed by atoms with Gasteiger partial charge < -0.3 is 14.2 Å². The molecule has 1 aliphatic rings. The maximum absolute atomic E-state index is 12.5. The number of benzene rings is 1. The van der Waals surface area contributed by atoms with Crippen LogP contribution in [0.25, 0.3) is 28.4 Å². The molecule has 0 saturated heterocycles. The molecule has 5 rings (SSSR count). The molecule has 1 aromatic carbocycles. The third kappa shape index (κ3) is 4.32. The fourth-order valence-electron chi connectivity index (χ4n) is 3.76. The Morgan fingerprint density at radius 2 is 1.74 bits per heavy atom. The molecule has 1 N–H and O–H groups in total. The first-order valence-electron chi connectivity index (χ1n) is 11.0. The van der Waals surface area contributed by atoms with Crippen molar-refractivity contribution in [3.8, 4) is 34.6 Å². The van der Waals surface area contributed by atoms with Crippen LogP contribution in [0.4, 0.5) is 5.82 Å². The Morgan fingerprint density at radius 1 is 1.03 bits per heavy atom. The molecule has 182 valence electrons. The van der Waals surface area contributed by atoms with Gasteiger partial charge >= 0.3 is 0 Å². The number of para-hydroxylation sites is 1. The predicted molar refractivity (Wildman–Crippen MR) is 130 cm³/mol. The molecule has 0 unspecified atom stereocenters.